The third kappa shape index (κ3) is 3.29. The monoisotopic (exact) mass is 250 g/mol. The minimum Gasteiger partial charge on any atom is -0.382 e. The molecule has 0 saturated heterocycles. The van der Waals surface area contributed by atoms with Crippen LogP contribution in [-0.4, -0.2) is 32.3 Å². The van der Waals surface area contributed by atoms with Gasteiger partial charge in [0.05, 0.1) is 19.3 Å². The number of hydrogen-bond donors (Lipinski definition) is 2. The summed E-state index contributed by atoms with van der Waals surface area (Å²) in [5, 5.41) is 3.19. The predicted octanol–water partition coefficient (Wildman–Crippen LogP) is 0.395. The van der Waals surface area contributed by atoms with E-state index in [9.17, 15) is 4.79 Å². The third-order valence-corrected chi connectivity index (χ3v) is 2.96. The van der Waals surface area contributed by atoms with Gasteiger partial charge in [0.2, 0.25) is 0 Å². The Morgan fingerprint density at radius 2 is 2.17 bits per heavy atom. The Balaban J connectivity index is 1.83. The van der Waals surface area contributed by atoms with Crippen LogP contribution in [0.1, 0.15) is 11.1 Å². The van der Waals surface area contributed by atoms with Crippen LogP contribution in [0, 0.1) is 0 Å². The topological polar surface area (TPSA) is 59.6 Å². The molecule has 5 nitrogen and oxygen atoms in total. The molecule has 1 aromatic rings. The van der Waals surface area contributed by atoms with E-state index in [-0.39, 0.29) is 11.9 Å². The van der Waals surface area contributed by atoms with Crippen LogP contribution in [-0.2, 0) is 27.3 Å². The van der Waals surface area contributed by atoms with Crippen LogP contribution in [0.4, 0.5) is 0 Å². The van der Waals surface area contributed by atoms with E-state index >= 15 is 0 Å². The Morgan fingerprint density at radius 1 is 1.39 bits per heavy atom. The molecule has 1 heterocycles. The van der Waals surface area contributed by atoms with Gasteiger partial charge in [0.15, 0.2) is 0 Å². The molecule has 1 aliphatic rings. The van der Waals surface area contributed by atoms with E-state index in [0.717, 1.165) is 0 Å². The maximum absolute atomic E-state index is 11.8. The lowest BCUT2D eigenvalue weighted by Gasteiger charge is -2.24. The molecule has 1 atom stereocenters. The highest BCUT2D eigenvalue weighted by Gasteiger charge is 2.23. The fraction of sp³-hybridized carbons (Fsp3) is 0.462. The number of benzene rings is 1. The zero-order chi connectivity index (χ0) is 12.8. The van der Waals surface area contributed by atoms with Gasteiger partial charge in [-0.05, 0) is 17.5 Å². The fourth-order valence-corrected chi connectivity index (χ4v) is 1.96. The predicted molar refractivity (Wildman–Crippen MR) is 66.7 cm³/mol. The van der Waals surface area contributed by atoms with E-state index in [1.165, 1.54) is 11.1 Å². The molecule has 98 valence electrons. The summed E-state index contributed by atoms with van der Waals surface area (Å²) < 4.78 is 4.82. The number of nitrogens with one attached hydrogen (secondary N) is 2. The fourth-order valence-electron chi connectivity index (χ4n) is 1.96. The van der Waals surface area contributed by atoms with E-state index in [0.29, 0.717) is 26.2 Å². The van der Waals surface area contributed by atoms with Gasteiger partial charge in [-0.2, -0.15) is 0 Å². The Morgan fingerprint density at radius 3 is 2.94 bits per heavy atom. The third-order valence-electron chi connectivity index (χ3n) is 2.96. The molecular formula is C13H18N2O3. The average Bonchev–Trinajstić information content (AvgIpc) is 2.43. The zero-order valence-electron chi connectivity index (χ0n) is 10.4. The molecule has 0 aliphatic carbocycles. The summed E-state index contributed by atoms with van der Waals surface area (Å²) in [6.07, 6.45) is 0.690. The van der Waals surface area contributed by atoms with E-state index in [4.69, 9.17) is 9.57 Å². The standard InChI is InChI=1S/C13H18N2O3/c1-17-6-7-18-15-13(16)12-8-10-4-2-3-5-11(10)9-14-12/h2-5,12,14H,6-9H2,1H3,(H,15,16)/t12-/m1/s1. The molecule has 18 heavy (non-hydrogen) atoms. The van der Waals surface area contributed by atoms with E-state index in [1.54, 1.807) is 7.11 Å². The summed E-state index contributed by atoms with van der Waals surface area (Å²) in [5.74, 6) is -0.138. The lowest BCUT2D eigenvalue weighted by molar-refractivity contribution is -0.136. The summed E-state index contributed by atoms with van der Waals surface area (Å²) in [6.45, 7) is 1.53. The van der Waals surface area contributed by atoms with E-state index in [2.05, 4.69) is 22.9 Å². The maximum atomic E-state index is 11.8. The van der Waals surface area contributed by atoms with Gasteiger partial charge in [-0.3, -0.25) is 9.63 Å². The molecule has 0 bridgehead atoms. The largest absolute Gasteiger partial charge is 0.382 e. The second-order valence-corrected chi connectivity index (χ2v) is 4.21. The number of fused-ring (bicyclic) bond motifs is 1. The van der Waals surface area contributed by atoms with E-state index in [1.807, 2.05) is 12.1 Å². The average molecular weight is 250 g/mol. The Kier molecular flexibility index (Phi) is 4.69. The summed E-state index contributed by atoms with van der Waals surface area (Å²) >= 11 is 0. The first-order valence-electron chi connectivity index (χ1n) is 6.02. The smallest absolute Gasteiger partial charge is 0.261 e. The van der Waals surface area contributed by atoms with Crippen molar-refractivity contribution in [3.63, 3.8) is 0 Å². The van der Waals surface area contributed by atoms with Crippen molar-refractivity contribution in [1.82, 2.24) is 10.8 Å². The number of ether oxygens (including phenoxy) is 1. The first kappa shape index (κ1) is 13.0. The highest BCUT2D eigenvalue weighted by Crippen LogP contribution is 2.16. The van der Waals surface area contributed by atoms with Crippen molar-refractivity contribution in [3.8, 4) is 0 Å². The van der Waals surface area contributed by atoms with Crippen molar-refractivity contribution in [2.45, 2.75) is 19.0 Å². The van der Waals surface area contributed by atoms with Gasteiger partial charge in [-0.15, -0.1) is 0 Å². The second kappa shape index (κ2) is 6.49. The minimum absolute atomic E-state index is 0.138. The molecule has 1 aromatic carbocycles. The number of methoxy groups -OCH3 is 1. The van der Waals surface area contributed by atoms with Crippen molar-refractivity contribution in [2.24, 2.45) is 0 Å². The van der Waals surface area contributed by atoms with Gasteiger partial charge in [0, 0.05) is 13.7 Å². The molecule has 1 amide bonds. The molecular weight excluding hydrogens is 232 g/mol. The molecule has 2 rings (SSSR count). The molecule has 0 spiro atoms. The van der Waals surface area contributed by atoms with Crippen LogP contribution in [0.15, 0.2) is 24.3 Å². The summed E-state index contributed by atoms with van der Waals surface area (Å²) in [6, 6.07) is 7.90. The van der Waals surface area contributed by atoms with Gasteiger partial charge in [-0.25, -0.2) is 5.48 Å². The van der Waals surface area contributed by atoms with Gasteiger partial charge in [-0.1, -0.05) is 24.3 Å². The number of rotatable bonds is 5. The zero-order valence-corrected chi connectivity index (χ0v) is 10.4. The van der Waals surface area contributed by atoms with Crippen LogP contribution < -0.4 is 10.8 Å². The van der Waals surface area contributed by atoms with Crippen molar-refractivity contribution in [1.29, 1.82) is 0 Å². The molecule has 5 heteroatoms. The number of hydroxylamine groups is 1. The molecule has 0 radical (unpaired) electrons. The Bertz CT molecular complexity index is 409. The molecule has 0 fully saturated rings. The second-order valence-electron chi connectivity index (χ2n) is 4.21. The van der Waals surface area contributed by atoms with Crippen LogP contribution in [0.25, 0.3) is 0 Å². The summed E-state index contributed by atoms with van der Waals surface area (Å²) in [7, 11) is 1.59. The molecule has 2 N–H and O–H groups in total. The van der Waals surface area contributed by atoms with Crippen molar-refractivity contribution in [3.05, 3.63) is 35.4 Å². The first-order valence-corrected chi connectivity index (χ1v) is 6.02. The highest BCUT2D eigenvalue weighted by atomic mass is 16.7. The molecule has 0 unspecified atom stereocenters. The lowest BCUT2D eigenvalue weighted by atomic mass is 9.96. The first-order chi connectivity index (χ1) is 8.81. The maximum Gasteiger partial charge on any atom is 0.261 e. The van der Waals surface area contributed by atoms with Gasteiger partial charge in [0.25, 0.3) is 5.91 Å². The van der Waals surface area contributed by atoms with Crippen LogP contribution >= 0.6 is 0 Å². The van der Waals surface area contributed by atoms with Crippen LogP contribution in [0.5, 0.6) is 0 Å². The quantitative estimate of drug-likeness (QED) is 0.586. The SMILES string of the molecule is COCCONC(=O)[C@H]1Cc2ccccc2CN1. The van der Waals surface area contributed by atoms with Crippen molar-refractivity contribution < 1.29 is 14.4 Å². The Labute approximate surface area is 106 Å². The van der Waals surface area contributed by atoms with Crippen LogP contribution in [0.2, 0.25) is 0 Å². The number of amides is 1. The summed E-state index contributed by atoms with van der Waals surface area (Å²) in [4.78, 5) is 16.8. The summed E-state index contributed by atoms with van der Waals surface area (Å²) in [5.41, 5.74) is 4.90. The number of hydrogen-bond acceptors (Lipinski definition) is 4. The van der Waals surface area contributed by atoms with Crippen molar-refractivity contribution in [2.75, 3.05) is 20.3 Å². The van der Waals surface area contributed by atoms with Gasteiger partial charge < -0.3 is 10.1 Å². The van der Waals surface area contributed by atoms with E-state index < -0.39 is 0 Å². The molecule has 0 aromatic heterocycles. The normalized spacial score (nSPS) is 18.2. The molecule has 1 aliphatic heterocycles. The number of carbonyl (C=O) groups excluding carboxylic acids is 1. The Hall–Kier alpha value is -1.43. The lowest BCUT2D eigenvalue weighted by Crippen LogP contribution is -2.47. The molecule has 0 saturated carbocycles. The van der Waals surface area contributed by atoms with Crippen LogP contribution in [0.3, 0.4) is 0 Å². The minimum atomic E-state index is -0.234. The van der Waals surface area contributed by atoms with Crippen molar-refractivity contribution >= 4 is 5.91 Å². The van der Waals surface area contributed by atoms with Gasteiger partial charge >= 0.3 is 0 Å². The van der Waals surface area contributed by atoms with Gasteiger partial charge in [0.1, 0.15) is 0 Å². The highest BCUT2D eigenvalue weighted by molar-refractivity contribution is 5.81. The number of carbonyl (C=O) groups is 1.